The number of aromatic nitrogens is 5. The number of aliphatic carboxylic acids is 1. The maximum atomic E-state index is 11.2. The molecule has 1 atom stereocenters. The van der Waals surface area contributed by atoms with Crippen LogP contribution in [0.1, 0.15) is 64.5 Å². The molecule has 1 aliphatic rings. The zero-order valence-corrected chi connectivity index (χ0v) is 22.3. The predicted molar refractivity (Wildman–Crippen MR) is 145 cm³/mol. The average Bonchev–Trinajstić information content (AvgIpc) is 3.35. The van der Waals surface area contributed by atoms with Gasteiger partial charge in [-0.3, -0.25) is 9.48 Å². The Bertz CT molecular complexity index is 945. The number of nitrogens with zero attached hydrogens (tertiary/aromatic N) is 6. The molecule has 0 saturated carbocycles. The second kappa shape index (κ2) is 15.3. The van der Waals surface area contributed by atoms with E-state index in [4.69, 9.17) is 5.73 Å². The zero-order chi connectivity index (χ0) is 26.5. The Kier molecular flexibility index (Phi) is 11.8. The highest BCUT2D eigenvalue weighted by atomic mass is 16.4. The van der Waals surface area contributed by atoms with Crippen LogP contribution in [0, 0.1) is 5.92 Å². The van der Waals surface area contributed by atoms with Gasteiger partial charge in [0, 0.05) is 31.7 Å². The third-order valence-corrected chi connectivity index (χ3v) is 6.75. The molecule has 3 heterocycles. The highest BCUT2D eigenvalue weighted by molar-refractivity contribution is 5.70. The maximum absolute atomic E-state index is 11.2. The molecule has 1 saturated heterocycles. The molecule has 6 N–H and O–H groups in total. The summed E-state index contributed by atoms with van der Waals surface area (Å²) in [6.45, 7) is 10.0. The van der Waals surface area contributed by atoms with Crippen molar-refractivity contribution in [3.05, 3.63) is 18.0 Å². The van der Waals surface area contributed by atoms with Crippen molar-refractivity contribution in [1.82, 2.24) is 35.6 Å². The molecule has 0 amide bonds. The number of carboxylic acids is 1. The van der Waals surface area contributed by atoms with Crippen molar-refractivity contribution < 1.29 is 9.90 Å². The Morgan fingerprint density at radius 3 is 2.70 bits per heavy atom. The number of aryl methyl sites for hydroxylation is 1. The number of rotatable bonds is 17. The lowest BCUT2D eigenvalue weighted by atomic mass is 9.97. The SMILES string of the molecule is CCCC(CC)NCCCNCCCn1cc(CNc2nc(N)cc(N3CCC(C(=O)O)CC3)n2)nn1. The smallest absolute Gasteiger partial charge is 0.306 e. The van der Waals surface area contributed by atoms with Gasteiger partial charge in [-0.1, -0.05) is 25.5 Å². The molecule has 1 fully saturated rings. The van der Waals surface area contributed by atoms with Gasteiger partial charge >= 0.3 is 5.97 Å². The van der Waals surface area contributed by atoms with Crippen LogP contribution >= 0.6 is 0 Å². The van der Waals surface area contributed by atoms with Gasteiger partial charge in [0.1, 0.15) is 17.3 Å². The van der Waals surface area contributed by atoms with Crippen LogP contribution in [0.2, 0.25) is 0 Å². The third kappa shape index (κ3) is 9.77. The van der Waals surface area contributed by atoms with Crippen LogP contribution in [0.25, 0.3) is 0 Å². The highest BCUT2D eigenvalue weighted by Gasteiger charge is 2.25. The summed E-state index contributed by atoms with van der Waals surface area (Å²) in [5, 5.41) is 28.0. The van der Waals surface area contributed by atoms with E-state index in [-0.39, 0.29) is 5.92 Å². The number of anilines is 3. The second-order valence-electron chi connectivity index (χ2n) is 9.71. The average molecular weight is 517 g/mol. The molecule has 0 bridgehead atoms. The Morgan fingerprint density at radius 1 is 1.19 bits per heavy atom. The number of hydrogen-bond donors (Lipinski definition) is 5. The second-order valence-corrected chi connectivity index (χ2v) is 9.71. The largest absolute Gasteiger partial charge is 0.481 e. The van der Waals surface area contributed by atoms with Gasteiger partial charge in [0.25, 0.3) is 0 Å². The van der Waals surface area contributed by atoms with E-state index >= 15 is 0 Å². The molecule has 2 aromatic rings. The van der Waals surface area contributed by atoms with Gasteiger partial charge in [0.05, 0.1) is 18.7 Å². The Labute approximate surface area is 219 Å². The van der Waals surface area contributed by atoms with Crippen molar-refractivity contribution in [3.8, 4) is 0 Å². The summed E-state index contributed by atoms with van der Waals surface area (Å²) < 4.78 is 1.86. The molecular weight excluding hydrogens is 472 g/mol. The van der Waals surface area contributed by atoms with E-state index in [0.717, 1.165) is 44.7 Å². The van der Waals surface area contributed by atoms with E-state index in [2.05, 4.69) is 55.0 Å². The topological polar surface area (TPSA) is 159 Å². The number of nitrogens with two attached hydrogens (primary N) is 1. The lowest BCUT2D eigenvalue weighted by Crippen LogP contribution is -2.37. The molecule has 1 unspecified atom stereocenters. The fourth-order valence-corrected chi connectivity index (χ4v) is 4.56. The Balaban J connectivity index is 1.34. The minimum absolute atomic E-state index is 0.294. The van der Waals surface area contributed by atoms with Crippen LogP contribution in [0.4, 0.5) is 17.6 Å². The molecule has 12 nitrogen and oxygen atoms in total. The molecule has 0 aromatic carbocycles. The standard InChI is InChI=1S/C25H44N10O2/c1-3-7-20(4-2)28-12-5-10-27-11-6-13-35-18-21(32-33-35)17-29-25-30-22(26)16-23(31-25)34-14-8-19(9-15-34)24(36)37/h16,18-20,27-28H,3-15,17H2,1-2H3,(H,36,37)(H3,26,29,30,31). The van der Waals surface area contributed by atoms with Gasteiger partial charge in [0.15, 0.2) is 0 Å². The summed E-state index contributed by atoms with van der Waals surface area (Å²) in [4.78, 5) is 22.1. The molecule has 37 heavy (non-hydrogen) atoms. The zero-order valence-electron chi connectivity index (χ0n) is 22.3. The summed E-state index contributed by atoms with van der Waals surface area (Å²) >= 11 is 0. The quantitative estimate of drug-likeness (QED) is 0.196. The van der Waals surface area contributed by atoms with E-state index in [0.29, 0.717) is 56.1 Å². The minimum Gasteiger partial charge on any atom is -0.481 e. The predicted octanol–water partition coefficient (Wildman–Crippen LogP) is 2.10. The highest BCUT2D eigenvalue weighted by Crippen LogP contribution is 2.24. The molecule has 0 radical (unpaired) electrons. The van der Waals surface area contributed by atoms with Crippen molar-refractivity contribution in [2.24, 2.45) is 5.92 Å². The number of hydrogen-bond acceptors (Lipinski definition) is 10. The fourth-order valence-electron chi connectivity index (χ4n) is 4.56. The number of carbonyl (C=O) groups is 1. The van der Waals surface area contributed by atoms with Crippen molar-refractivity contribution in [2.75, 3.05) is 48.7 Å². The van der Waals surface area contributed by atoms with Crippen molar-refractivity contribution in [2.45, 2.75) is 77.9 Å². The molecular formula is C25H44N10O2. The van der Waals surface area contributed by atoms with Gasteiger partial charge in [-0.15, -0.1) is 5.10 Å². The molecule has 3 rings (SSSR count). The van der Waals surface area contributed by atoms with Crippen LogP contribution in [-0.2, 0) is 17.9 Å². The number of nitrogen functional groups attached to an aromatic ring is 1. The molecule has 206 valence electrons. The molecule has 0 spiro atoms. The lowest BCUT2D eigenvalue weighted by molar-refractivity contribution is -0.142. The van der Waals surface area contributed by atoms with Gasteiger partial charge in [-0.05, 0) is 58.2 Å². The minimum atomic E-state index is -0.732. The number of piperidine rings is 1. The fraction of sp³-hybridized carbons (Fsp3) is 0.720. The first kappa shape index (κ1) is 28.6. The Morgan fingerprint density at radius 2 is 1.97 bits per heavy atom. The van der Waals surface area contributed by atoms with Crippen LogP contribution in [0.15, 0.2) is 12.3 Å². The summed E-state index contributed by atoms with van der Waals surface area (Å²) in [6.07, 6.45) is 8.91. The lowest BCUT2D eigenvalue weighted by Gasteiger charge is -2.31. The number of nitrogens with one attached hydrogen (secondary N) is 3. The normalized spacial score (nSPS) is 15.1. The molecule has 1 aliphatic heterocycles. The van der Waals surface area contributed by atoms with E-state index in [9.17, 15) is 9.90 Å². The van der Waals surface area contributed by atoms with Crippen LogP contribution in [0.3, 0.4) is 0 Å². The van der Waals surface area contributed by atoms with Crippen molar-refractivity contribution in [3.63, 3.8) is 0 Å². The first-order valence-corrected chi connectivity index (χ1v) is 13.7. The number of carboxylic acid groups (broad SMARTS) is 1. The maximum Gasteiger partial charge on any atom is 0.306 e. The first-order chi connectivity index (χ1) is 18.0. The van der Waals surface area contributed by atoms with Gasteiger partial charge < -0.3 is 31.7 Å². The van der Waals surface area contributed by atoms with Gasteiger partial charge in [0.2, 0.25) is 5.95 Å². The van der Waals surface area contributed by atoms with E-state index < -0.39 is 5.97 Å². The first-order valence-electron chi connectivity index (χ1n) is 13.7. The van der Waals surface area contributed by atoms with E-state index in [1.165, 1.54) is 19.3 Å². The molecule has 0 aliphatic carbocycles. The third-order valence-electron chi connectivity index (χ3n) is 6.75. The summed E-state index contributed by atoms with van der Waals surface area (Å²) in [7, 11) is 0. The van der Waals surface area contributed by atoms with Crippen molar-refractivity contribution >= 4 is 23.6 Å². The van der Waals surface area contributed by atoms with Crippen LogP contribution in [-0.4, -0.2) is 74.8 Å². The van der Waals surface area contributed by atoms with E-state index in [1.54, 1.807) is 6.07 Å². The summed E-state index contributed by atoms with van der Waals surface area (Å²) in [6, 6.07) is 2.37. The molecule has 12 heteroatoms. The van der Waals surface area contributed by atoms with Crippen LogP contribution < -0.4 is 26.6 Å². The van der Waals surface area contributed by atoms with Crippen LogP contribution in [0.5, 0.6) is 0 Å². The molecule has 2 aromatic heterocycles. The Hall–Kier alpha value is -2.99. The van der Waals surface area contributed by atoms with Gasteiger partial charge in [-0.25, -0.2) is 0 Å². The van der Waals surface area contributed by atoms with Crippen molar-refractivity contribution in [1.29, 1.82) is 0 Å². The van der Waals surface area contributed by atoms with Gasteiger partial charge in [-0.2, -0.15) is 9.97 Å². The monoisotopic (exact) mass is 516 g/mol. The van der Waals surface area contributed by atoms with E-state index in [1.807, 2.05) is 10.9 Å². The summed E-state index contributed by atoms with van der Waals surface area (Å²) in [5.41, 5.74) is 6.80. The summed E-state index contributed by atoms with van der Waals surface area (Å²) in [5.74, 6) is 0.466.